The standard InChI is InChI=1S/C32H28N2O3/c1-19-9-10-22(4)29(16-19)34-31(36)28(30(35)33-32(34)37)18-27-25(12-11-24-7-5-6-8-26(24)27)17-23-14-20(2)13-21(3)15-23/h5-16,18H,17H2,1-4H3,(H,33,35,37)/b28-18+. The van der Waals surface area contributed by atoms with Crippen molar-refractivity contribution in [2.24, 2.45) is 0 Å². The van der Waals surface area contributed by atoms with E-state index in [1.807, 2.05) is 56.3 Å². The van der Waals surface area contributed by atoms with Gasteiger partial charge < -0.3 is 0 Å². The molecule has 0 unspecified atom stereocenters. The number of carbonyl (C=O) groups excluding carboxylic acids is 3. The van der Waals surface area contributed by atoms with Gasteiger partial charge in [0, 0.05) is 0 Å². The molecule has 1 aliphatic rings. The SMILES string of the molecule is Cc1cc(C)cc(Cc2ccc3ccccc3c2/C=C2\C(=O)NC(=O)N(c3cc(C)ccc3C)C2=O)c1. The first-order valence-corrected chi connectivity index (χ1v) is 12.3. The molecule has 5 nitrogen and oxygen atoms in total. The van der Waals surface area contributed by atoms with Crippen LogP contribution in [-0.2, 0) is 16.0 Å². The maximum Gasteiger partial charge on any atom is 0.335 e. The predicted octanol–water partition coefficient (Wildman–Crippen LogP) is 6.33. The molecule has 0 atom stereocenters. The summed E-state index contributed by atoms with van der Waals surface area (Å²) in [6.45, 7) is 7.88. The molecule has 1 N–H and O–H groups in total. The molecule has 1 heterocycles. The number of rotatable bonds is 4. The highest BCUT2D eigenvalue weighted by Gasteiger charge is 2.37. The lowest BCUT2D eigenvalue weighted by Crippen LogP contribution is -2.54. The van der Waals surface area contributed by atoms with E-state index in [2.05, 4.69) is 43.4 Å². The first-order valence-electron chi connectivity index (χ1n) is 12.3. The molecule has 37 heavy (non-hydrogen) atoms. The van der Waals surface area contributed by atoms with Crippen LogP contribution in [0.4, 0.5) is 10.5 Å². The molecule has 0 saturated carbocycles. The van der Waals surface area contributed by atoms with Gasteiger partial charge in [-0.05, 0) is 84.8 Å². The number of nitrogens with one attached hydrogen (secondary N) is 1. The summed E-state index contributed by atoms with van der Waals surface area (Å²) < 4.78 is 0. The second-order valence-electron chi connectivity index (χ2n) is 9.78. The van der Waals surface area contributed by atoms with Crippen molar-refractivity contribution in [2.75, 3.05) is 4.90 Å². The fourth-order valence-electron chi connectivity index (χ4n) is 5.04. The van der Waals surface area contributed by atoms with Gasteiger partial charge in [-0.3, -0.25) is 14.9 Å². The number of anilines is 1. The third-order valence-electron chi connectivity index (χ3n) is 6.73. The highest BCUT2D eigenvalue weighted by Crippen LogP contribution is 2.30. The summed E-state index contributed by atoms with van der Waals surface area (Å²) in [4.78, 5) is 40.5. The lowest BCUT2D eigenvalue weighted by atomic mass is 9.91. The van der Waals surface area contributed by atoms with Crippen LogP contribution in [-0.4, -0.2) is 17.8 Å². The molecule has 0 aromatic heterocycles. The van der Waals surface area contributed by atoms with Crippen LogP contribution in [0.3, 0.4) is 0 Å². The van der Waals surface area contributed by atoms with Gasteiger partial charge in [0.15, 0.2) is 0 Å². The van der Waals surface area contributed by atoms with Crippen molar-refractivity contribution in [1.29, 1.82) is 0 Å². The van der Waals surface area contributed by atoms with Crippen LogP contribution >= 0.6 is 0 Å². The number of fused-ring (bicyclic) bond motifs is 1. The highest BCUT2D eigenvalue weighted by atomic mass is 16.2. The Morgan fingerprint density at radius 1 is 0.784 bits per heavy atom. The lowest BCUT2D eigenvalue weighted by molar-refractivity contribution is -0.122. The van der Waals surface area contributed by atoms with E-state index < -0.39 is 17.8 Å². The Morgan fingerprint density at radius 3 is 2.27 bits per heavy atom. The summed E-state index contributed by atoms with van der Waals surface area (Å²) in [7, 11) is 0. The van der Waals surface area contributed by atoms with Crippen LogP contribution in [0.2, 0.25) is 0 Å². The largest absolute Gasteiger partial charge is 0.335 e. The van der Waals surface area contributed by atoms with Gasteiger partial charge in [-0.2, -0.15) is 0 Å². The molecule has 1 fully saturated rings. The van der Waals surface area contributed by atoms with E-state index in [0.29, 0.717) is 12.1 Å². The molecule has 0 spiro atoms. The zero-order valence-electron chi connectivity index (χ0n) is 21.4. The van der Waals surface area contributed by atoms with Crippen molar-refractivity contribution in [1.82, 2.24) is 5.32 Å². The predicted molar refractivity (Wildman–Crippen MR) is 148 cm³/mol. The monoisotopic (exact) mass is 488 g/mol. The van der Waals surface area contributed by atoms with Gasteiger partial charge in [-0.25, -0.2) is 9.69 Å². The van der Waals surface area contributed by atoms with Gasteiger partial charge in [-0.15, -0.1) is 0 Å². The van der Waals surface area contributed by atoms with E-state index in [1.54, 1.807) is 12.1 Å². The number of hydrogen-bond donors (Lipinski definition) is 1. The quantitative estimate of drug-likeness (QED) is 0.270. The molecule has 4 aromatic carbocycles. The van der Waals surface area contributed by atoms with E-state index in [1.165, 1.54) is 11.1 Å². The number of urea groups is 1. The maximum atomic E-state index is 13.7. The molecule has 4 aromatic rings. The van der Waals surface area contributed by atoms with Gasteiger partial charge in [0.2, 0.25) is 0 Å². The van der Waals surface area contributed by atoms with Crippen LogP contribution < -0.4 is 10.2 Å². The van der Waals surface area contributed by atoms with Gasteiger partial charge in [0.25, 0.3) is 11.8 Å². The van der Waals surface area contributed by atoms with Crippen LogP contribution in [0.5, 0.6) is 0 Å². The number of amides is 4. The minimum atomic E-state index is -0.741. The fourth-order valence-corrected chi connectivity index (χ4v) is 5.04. The third kappa shape index (κ3) is 4.68. The van der Waals surface area contributed by atoms with Gasteiger partial charge in [0.1, 0.15) is 5.57 Å². The zero-order valence-corrected chi connectivity index (χ0v) is 21.4. The van der Waals surface area contributed by atoms with Crippen molar-refractivity contribution in [2.45, 2.75) is 34.1 Å². The highest BCUT2D eigenvalue weighted by molar-refractivity contribution is 6.39. The van der Waals surface area contributed by atoms with Crippen molar-refractivity contribution in [3.63, 3.8) is 0 Å². The summed E-state index contributed by atoms with van der Waals surface area (Å²) in [5, 5.41) is 4.31. The molecule has 0 bridgehead atoms. The minimum absolute atomic E-state index is 0.0708. The first-order chi connectivity index (χ1) is 17.7. The second kappa shape index (κ2) is 9.51. The number of benzene rings is 4. The summed E-state index contributed by atoms with van der Waals surface area (Å²) in [5.41, 5.74) is 7.38. The average Bonchev–Trinajstić information content (AvgIpc) is 2.84. The normalized spacial score (nSPS) is 15.0. The third-order valence-corrected chi connectivity index (χ3v) is 6.73. The summed E-state index contributed by atoms with van der Waals surface area (Å²) in [5.74, 6) is -1.32. The van der Waals surface area contributed by atoms with E-state index in [4.69, 9.17) is 0 Å². The number of carbonyl (C=O) groups is 3. The van der Waals surface area contributed by atoms with Crippen LogP contribution in [0.1, 0.15) is 38.9 Å². The average molecular weight is 489 g/mol. The van der Waals surface area contributed by atoms with Gasteiger partial charge in [0.05, 0.1) is 5.69 Å². The van der Waals surface area contributed by atoms with E-state index in [-0.39, 0.29) is 5.57 Å². The molecule has 0 aliphatic carbocycles. The Labute approximate surface area is 216 Å². The molecule has 4 amide bonds. The minimum Gasteiger partial charge on any atom is -0.273 e. The first kappa shape index (κ1) is 24.2. The molecule has 184 valence electrons. The Balaban J connectivity index is 1.66. The number of aryl methyl sites for hydroxylation is 4. The Morgan fingerprint density at radius 2 is 1.51 bits per heavy atom. The fraction of sp³-hybridized carbons (Fsp3) is 0.156. The van der Waals surface area contributed by atoms with E-state index in [0.717, 1.165) is 43.5 Å². The van der Waals surface area contributed by atoms with Crippen LogP contribution in [0.25, 0.3) is 16.8 Å². The Bertz CT molecular complexity index is 1610. The number of nitrogens with zero attached hydrogens (tertiary/aromatic N) is 1. The Hall–Kier alpha value is -4.51. The molecule has 5 heteroatoms. The topological polar surface area (TPSA) is 66.5 Å². The second-order valence-corrected chi connectivity index (χ2v) is 9.78. The Kier molecular flexibility index (Phi) is 6.22. The van der Waals surface area contributed by atoms with E-state index >= 15 is 0 Å². The summed E-state index contributed by atoms with van der Waals surface area (Å²) in [6.07, 6.45) is 2.28. The maximum absolute atomic E-state index is 13.7. The number of barbiturate groups is 1. The number of hydrogen-bond acceptors (Lipinski definition) is 3. The lowest BCUT2D eigenvalue weighted by Gasteiger charge is -2.28. The molecule has 0 radical (unpaired) electrons. The molecule has 5 rings (SSSR count). The van der Waals surface area contributed by atoms with Gasteiger partial charge >= 0.3 is 6.03 Å². The summed E-state index contributed by atoms with van der Waals surface area (Å²) in [6, 6.07) is 23.3. The zero-order chi connectivity index (χ0) is 26.3. The molecular formula is C32H28N2O3. The summed E-state index contributed by atoms with van der Waals surface area (Å²) >= 11 is 0. The van der Waals surface area contributed by atoms with Gasteiger partial charge in [-0.1, -0.05) is 77.9 Å². The molecular weight excluding hydrogens is 460 g/mol. The van der Waals surface area contributed by atoms with Crippen molar-refractivity contribution in [3.05, 3.63) is 117 Å². The van der Waals surface area contributed by atoms with Crippen molar-refractivity contribution < 1.29 is 14.4 Å². The molecule has 1 saturated heterocycles. The molecule has 1 aliphatic heterocycles. The van der Waals surface area contributed by atoms with Crippen LogP contribution in [0.15, 0.2) is 78.4 Å². The number of imide groups is 2. The smallest absolute Gasteiger partial charge is 0.273 e. The van der Waals surface area contributed by atoms with E-state index in [9.17, 15) is 14.4 Å². The van der Waals surface area contributed by atoms with Crippen molar-refractivity contribution in [3.8, 4) is 0 Å². The van der Waals surface area contributed by atoms with Crippen LogP contribution in [0, 0.1) is 27.7 Å². The van der Waals surface area contributed by atoms with Crippen molar-refractivity contribution >= 4 is 40.4 Å².